The Morgan fingerprint density at radius 3 is 2.06 bits per heavy atom. The van der Waals surface area contributed by atoms with E-state index in [1.807, 2.05) is 0 Å². The van der Waals surface area contributed by atoms with Crippen LogP contribution >= 0.6 is 0 Å². The van der Waals surface area contributed by atoms with Crippen molar-refractivity contribution in [3.05, 3.63) is 0 Å². The largest absolute Gasteiger partial charge is 0.500 e. The third kappa shape index (κ3) is 8.11. The van der Waals surface area contributed by atoms with Crippen LogP contribution in [-0.4, -0.2) is 71.7 Å². The topological polar surface area (TPSA) is 109 Å². The van der Waals surface area contributed by atoms with Crippen LogP contribution in [-0.2, 0) is 18.0 Å². The Hall–Kier alpha value is -0.0631. The standard InChI is InChI=1S/C10H24O6Si.H2O/c1-13-17(14-2,15-3)7-5-4-6-16-9-10(12)8-11;/h10-12H,4-9H2,1-3H3;1H2. The fraction of sp³-hybridized carbons (Fsp3) is 1.00. The summed E-state index contributed by atoms with van der Waals surface area (Å²) in [7, 11) is 2.32. The Labute approximate surface area is 109 Å². The van der Waals surface area contributed by atoms with Gasteiger partial charge in [0, 0.05) is 34.0 Å². The molecule has 7 nitrogen and oxygen atoms in total. The van der Waals surface area contributed by atoms with Crippen LogP contribution in [0.3, 0.4) is 0 Å². The van der Waals surface area contributed by atoms with Crippen LogP contribution in [0.25, 0.3) is 0 Å². The molecule has 0 spiro atoms. The lowest BCUT2D eigenvalue weighted by Crippen LogP contribution is -2.42. The molecule has 0 saturated heterocycles. The van der Waals surface area contributed by atoms with Crippen molar-refractivity contribution >= 4 is 8.80 Å². The first-order chi connectivity index (χ1) is 8.14. The van der Waals surface area contributed by atoms with Gasteiger partial charge in [0.15, 0.2) is 0 Å². The fourth-order valence-corrected chi connectivity index (χ4v) is 3.17. The summed E-state index contributed by atoms with van der Waals surface area (Å²) in [6, 6.07) is 0.739. The number of aliphatic hydroxyl groups is 2. The number of hydrogen-bond donors (Lipinski definition) is 2. The lowest BCUT2D eigenvalue weighted by atomic mass is 10.3. The van der Waals surface area contributed by atoms with Crippen LogP contribution < -0.4 is 0 Å². The highest BCUT2D eigenvalue weighted by Crippen LogP contribution is 2.16. The maximum absolute atomic E-state index is 9.03. The van der Waals surface area contributed by atoms with Crippen LogP contribution in [0.1, 0.15) is 12.8 Å². The number of hydrogen-bond acceptors (Lipinski definition) is 6. The van der Waals surface area contributed by atoms with Crippen molar-refractivity contribution in [3.63, 3.8) is 0 Å². The van der Waals surface area contributed by atoms with Gasteiger partial charge >= 0.3 is 8.80 Å². The Morgan fingerprint density at radius 2 is 1.61 bits per heavy atom. The minimum absolute atomic E-state index is 0. The summed E-state index contributed by atoms with van der Waals surface area (Å²) in [4.78, 5) is 0. The summed E-state index contributed by atoms with van der Waals surface area (Å²) in [6.45, 7) is 0.434. The van der Waals surface area contributed by atoms with Gasteiger partial charge in [-0.15, -0.1) is 0 Å². The van der Waals surface area contributed by atoms with Gasteiger partial charge in [0.25, 0.3) is 0 Å². The molecule has 0 saturated carbocycles. The monoisotopic (exact) mass is 286 g/mol. The van der Waals surface area contributed by atoms with Crippen molar-refractivity contribution in [3.8, 4) is 0 Å². The van der Waals surface area contributed by atoms with Crippen molar-refractivity contribution < 1.29 is 33.7 Å². The van der Waals surface area contributed by atoms with Gasteiger partial charge in [-0.3, -0.25) is 0 Å². The lowest BCUT2D eigenvalue weighted by Gasteiger charge is -2.24. The van der Waals surface area contributed by atoms with Gasteiger partial charge in [0.1, 0.15) is 6.10 Å². The zero-order valence-electron chi connectivity index (χ0n) is 11.3. The van der Waals surface area contributed by atoms with E-state index in [0.717, 1.165) is 18.9 Å². The minimum atomic E-state index is -2.45. The third-order valence-corrected chi connectivity index (χ3v) is 5.31. The lowest BCUT2D eigenvalue weighted by molar-refractivity contribution is 0.00530. The van der Waals surface area contributed by atoms with Crippen LogP contribution in [0, 0.1) is 0 Å². The second kappa shape index (κ2) is 12.0. The molecule has 1 atom stereocenters. The number of aliphatic hydroxyl groups excluding tert-OH is 2. The van der Waals surface area contributed by atoms with Crippen LogP contribution in [0.5, 0.6) is 0 Å². The van der Waals surface area contributed by atoms with Crippen molar-refractivity contribution in [2.75, 3.05) is 41.2 Å². The molecule has 0 aliphatic carbocycles. The van der Waals surface area contributed by atoms with E-state index in [4.69, 9.17) is 28.2 Å². The van der Waals surface area contributed by atoms with Crippen LogP contribution in [0.2, 0.25) is 6.04 Å². The van der Waals surface area contributed by atoms with Crippen molar-refractivity contribution in [2.45, 2.75) is 25.0 Å². The summed E-state index contributed by atoms with van der Waals surface area (Å²) < 4.78 is 21.0. The Morgan fingerprint density at radius 1 is 1.06 bits per heavy atom. The van der Waals surface area contributed by atoms with Crippen molar-refractivity contribution in [1.29, 1.82) is 0 Å². The molecule has 0 rings (SSSR count). The number of unbranched alkanes of at least 4 members (excludes halogenated alkanes) is 1. The molecule has 0 amide bonds. The molecule has 0 aromatic carbocycles. The molecule has 0 radical (unpaired) electrons. The Kier molecular flexibility index (Phi) is 13.5. The summed E-state index contributed by atoms with van der Waals surface area (Å²) in [6.07, 6.45) is 0.917. The van der Waals surface area contributed by atoms with Crippen molar-refractivity contribution in [1.82, 2.24) is 0 Å². The number of ether oxygens (including phenoxy) is 1. The fourth-order valence-electron chi connectivity index (χ4n) is 1.37. The average molecular weight is 286 g/mol. The van der Waals surface area contributed by atoms with Gasteiger partial charge in [-0.2, -0.15) is 0 Å². The molecule has 0 heterocycles. The van der Waals surface area contributed by atoms with Crippen LogP contribution in [0.4, 0.5) is 0 Å². The Bertz CT molecular complexity index is 169. The summed E-state index contributed by atoms with van der Waals surface area (Å²) in [5.74, 6) is 0. The predicted molar refractivity (Wildman–Crippen MR) is 68.3 cm³/mol. The van der Waals surface area contributed by atoms with Crippen molar-refractivity contribution in [2.24, 2.45) is 0 Å². The SMILES string of the molecule is CO[Si](CCCCOCC(O)CO)(OC)OC.O. The summed E-state index contributed by atoms with van der Waals surface area (Å²) in [5.41, 5.74) is 0. The van der Waals surface area contributed by atoms with E-state index >= 15 is 0 Å². The van der Waals surface area contributed by atoms with Gasteiger partial charge in [-0.25, -0.2) is 0 Å². The molecule has 0 aromatic rings. The molecule has 0 fully saturated rings. The summed E-state index contributed by atoms with van der Waals surface area (Å²) >= 11 is 0. The molecule has 1 unspecified atom stereocenters. The molecule has 0 aromatic heterocycles. The quantitative estimate of drug-likeness (QED) is 0.380. The van der Waals surface area contributed by atoms with E-state index in [0.29, 0.717) is 6.61 Å². The van der Waals surface area contributed by atoms with Gasteiger partial charge in [0.2, 0.25) is 0 Å². The van der Waals surface area contributed by atoms with Gasteiger partial charge in [-0.05, 0) is 12.8 Å². The van der Waals surface area contributed by atoms with E-state index in [9.17, 15) is 0 Å². The zero-order chi connectivity index (χ0) is 13.1. The van der Waals surface area contributed by atoms with E-state index in [1.54, 1.807) is 21.3 Å². The van der Waals surface area contributed by atoms with E-state index in [-0.39, 0.29) is 18.7 Å². The molecular formula is C10H26O7Si. The first kappa shape index (κ1) is 20.3. The minimum Gasteiger partial charge on any atom is -0.412 e. The highest BCUT2D eigenvalue weighted by atomic mass is 28.4. The number of rotatable bonds is 11. The normalized spacial score (nSPS) is 13.2. The third-order valence-electron chi connectivity index (χ3n) is 2.48. The Balaban J connectivity index is 0. The molecular weight excluding hydrogens is 260 g/mol. The zero-order valence-corrected chi connectivity index (χ0v) is 12.3. The molecule has 0 aliphatic rings. The highest BCUT2D eigenvalue weighted by molar-refractivity contribution is 6.60. The van der Waals surface area contributed by atoms with E-state index < -0.39 is 14.9 Å². The summed E-state index contributed by atoms with van der Waals surface area (Å²) in [5, 5.41) is 17.6. The second-order valence-corrected chi connectivity index (χ2v) is 6.75. The average Bonchev–Trinajstić information content (AvgIpc) is 2.38. The maximum Gasteiger partial charge on any atom is 0.500 e. The predicted octanol–water partition coefficient (Wildman–Crippen LogP) is -0.810. The molecule has 8 heteroatoms. The van der Waals surface area contributed by atoms with E-state index in [2.05, 4.69) is 0 Å². The first-order valence-corrected chi connectivity index (χ1v) is 7.59. The molecule has 18 heavy (non-hydrogen) atoms. The highest BCUT2D eigenvalue weighted by Gasteiger charge is 2.36. The second-order valence-electron chi connectivity index (χ2n) is 3.66. The molecule has 0 aliphatic heterocycles. The smallest absolute Gasteiger partial charge is 0.412 e. The maximum atomic E-state index is 9.03. The molecule has 0 bridgehead atoms. The van der Waals surface area contributed by atoms with E-state index in [1.165, 1.54) is 0 Å². The molecule has 4 N–H and O–H groups in total. The van der Waals surface area contributed by atoms with Gasteiger partial charge in [-0.1, -0.05) is 0 Å². The molecule has 112 valence electrons. The van der Waals surface area contributed by atoms with Crippen LogP contribution in [0.15, 0.2) is 0 Å². The van der Waals surface area contributed by atoms with Gasteiger partial charge < -0.3 is 33.7 Å². The van der Waals surface area contributed by atoms with Gasteiger partial charge in [0.05, 0.1) is 13.2 Å². The first-order valence-electron chi connectivity index (χ1n) is 5.66.